The van der Waals surface area contributed by atoms with Crippen molar-refractivity contribution in [1.82, 2.24) is 4.98 Å². The van der Waals surface area contributed by atoms with Gasteiger partial charge in [-0.05, 0) is 12.1 Å². The number of ether oxygens (including phenoxy) is 1. The summed E-state index contributed by atoms with van der Waals surface area (Å²) in [5, 5.41) is 8.92. The quantitative estimate of drug-likeness (QED) is 0.923. The van der Waals surface area contributed by atoms with E-state index in [-0.39, 0.29) is 23.8 Å². The number of aromatic nitrogens is 1. The van der Waals surface area contributed by atoms with Crippen molar-refractivity contribution in [3.8, 4) is 11.5 Å². The van der Waals surface area contributed by atoms with Crippen LogP contribution >= 0.6 is 0 Å². The molecule has 100 valence electrons. The Balaban J connectivity index is 2.50. The normalized spacial score (nSPS) is 10.7. The minimum Gasteiger partial charge on any atom is -0.475 e. The number of hydrogen-bond donors (Lipinski definition) is 1. The van der Waals surface area contributed by atoms with Crippen LogP contribution in [0.5, 0.6) is 0 Å². The van der Waals surface area contributed by atoms with Crippen molar-refractivity contribution in [2.45, 2.75) is 6.61 Å². The average Bonchev–Trinajstić information content (AvgIpc) is 2.73. The van der Waals surface area contributed by atoms with Crippen molar-refractivity contribution in [3.05, 3.63) is 41.3 Å². The van der Waals surface area contributed by atoms with Gasteiger partial charge in [0.2, 0.25) is 11.7 Å². The second-order valence-corrected chi connectivity index (χ2v) is 3.66. The van der Waals surface area contributed by atoms with Gasteiger partial charge in [0.25, 0.3) is 0 Å². The highest BCUT2D eigenvalue weighted by Crippen LogP contribution is 2.25. The van der Waals surface area contributed by atoms with Crippen molar-refractivity contribution in [1.29, 1.82) is 0 Å². The lowest BCUT2D eigenvalue weighted by Crippen LogP contribution is -2.00. The lowest BCUT2D eigenvalue weighted by molar-refractivity contribution is 0.0656. The van der Waals surface area contributed by atoms with Crippen molar-refractivity contribution >= 4 is 5.97 Å². The molecule has 0 fully saturated rings. The average molecular weight is 269 g/mol. The van der Waals surface area contributed by atoms with Gasteiger partial charge < -0.3 is 14.3 Å². The Morgan fingerprint density at radius 3 is 2.79 bits per heavy atom. The zero-order valence-electron chi connectivity index (χ0n) is 9.81. The molecule has 2 rings (SSSR count). The van der Waals surface area contributed by atoms with Crippen LogP contribution in [0, 0.1) is 11.6 Å². The molecule has 1 aromatic heterocycles. The first kappa shape index (κ1) is 13.2. The number of carboxylic acid groups (broad SMARTS) is 1. The number of methoxy groups -OCH3 is 1. The van der Waals surface area contributed by atoms with Crippen LogP contribution in [-0.2, 0) is 11.3 Å². The number of oxazole rings is 1. The first-order valence-electron chi connectivity index (χ1n) is 5.20. The molecule has 0 bridgehead atoms. The molecule has 5 nitrogen and oxygen atoms in total. The third-order valence-electron chi connectivity index (χ3n) is 2.33. The molecule has 0 radical (unpaired) electrons. The van der Waals surface area contributed by atoms with Crippen LogP contribution < -0.4 is 0 Å². The molecule has 0 saturated carbocycles. The van der Waals surface area contributed by atoms with Gasteiger partial charge in [-0.1, -0.05) is 0 Å². The van der Waals surface area contributed by atoms with E-state index in [9.17, 15) is 13.6 Å². The molecule has 19 heavy (non-hydrogen) atoms. The number of halogens is 2. The summed E-state index contributed by atoms with van der Waals surface area (Å²) in [6, 6.07) is 2.81. The molecule has 0 aliphatic rings. The Hall–Kier alpha value is -2.28. The number of benzene rings is 1. The summed E-state index contributed by atoms with van der Waals surface area (Å²) in [5.41, 5.74) is -0.0834. The largest absolute Gasteiger partial charge is 0.475 e. The van der Waals surface area contributed by atoms with E-state index in [4.69, 9.17) is 14.3 Å². The molecule has 1 N–H and O–H groups in total. The Morgan fingerprint density at radius 2 is 2.21 bits per heavy atom. The van der Waals surface area contributed by atoms with Crippen LogP contribution in [0.4, 0.5) is 8.78 Å². The minimum absolute atomic E-state index is 0.0359. The van der Waals surface area contributed by atoms with Gasteiger partial charge in [0.05, 0.1) is 12.2 Å². The zero-order valence-corrected chi connectivity index (χ0v) is 9.81. The first-order chi connectivity index (χ1) is 9.02. The fourth-order valence-corrected chi connectivity index (χ4v) is 1.53. The van der Waals surface area contributed by atoms with Gasteiger partial charge >= 0.3 is 5.97 Å². The number of rotatable bonds is 4. The summed E-state index contributed by atoms with van der Waals surface area (Å²) in [5.74, 6) is -3.64. The van der Waals surface area contributed by atoms with Crippen LogP contribution in [0.1, 0.15) is 16.2 Å². The Labute approximate surface area is 106 Å². The van der Waals surface area contributed by atoms with Crippen molar-refractivity contribution in [2.24, 2.45) is 0 Å². The third-order valence-corrected chi connectivity index (χ3v) is 2.33. The van der Waals surface area contributed by atoms with E-state index in [0.29, 0.717) is 6.07 Å². The fraction of sp³-hybridized carbons (Fsp3) is 0.167. The zero-order chi connectivity index (χ0) is 14.0. The van der Waals surface area contributed by atoms with E-state index in [2.05, 4.69) is 4.98 Å². The Morgan fingerprint density at radius 1 is 1.47 bits per heavy atom. The van der Waals surface area contributed by atoms with Gasteiger partial charge in [-0.15, -0.1) is 0 Å². The topological polar surface area (TPSA) is 72.6 Å². The molecule has 0 unspecified atom stereocenters. The lowest BCUT2D eigenvalue weighted by Gasteiger charge is -1.97. The van der Waals surface area contributed by atoms with E-state index in [1.807, 2.05) is 0 Å². The van der Waals surface area contributed by atoms with E-state index in [0.717, 1.165) is 12.1 Å². The Kier molecular flexibility index (Phi) is 3.57. The maximum atomic E-state index is 13.5. The molecule has 2 aromatic rings. The van der Waals surface area contributed by atoms with E-state index in [1.54, 1.807) is 0 Å². The highest BCUT2D eigenvalue weighted by Gasteiger charge is 2.21. The molecule has 0 aliphatic heterocycles. The summed E-state index contributed by atoms with van der Waals surface area (Å²) in [4.78, 5) is 14.8. The smallest absolute Gasteiger partial charge is 0.373 e. The number of carbonyl (C=O) groups is 1. The molecule has 0 saturated heterocycles. The molecular weight excluding hydrogens is 260 g/mol. The standard InChI is InChI=1S/C12H9F2NO4/c1-18-5-9-10(12(16)17)19-11(15-9)7-3-2-6(13)4-8(7)14/h2-4H,5H2,1H3,(H,16,17). The number of nitrogens with zero attached hydrogens (tertiary/aromatic N) is 1. The van der Waals surface area contributed by atoms with Crippen molar-refractivity contribution < 1.29 is 27.8 Å². The minimum atomic E-state index is -1.34. The van der Waals surface area contributed by atoms with Gasteiger partial charge in [-0.3, -0.25) is 0 Å². The maximum absolute atomic E-state index is 13.5. The van der Waals surface area contributed by atoms with Crippen LogP contribution in [0.2, 0.25) is 0 Å². The lowest BCUT2D eigenvalue weighted by atomic mass is 10.2. The van der Waals surface area contributed by atoms with Gasteiger partial charge in [0.15, 0.2) is 0 Å². The predicted molar refractivity (Wildman–Crippen MR) is 59.5 cm³/mol. The second-order valence-electron chi connectivity index (χ2n) is 3.66. The molecule has 0 amide bonds. The van der Waals surface area contributed by atoms with Crippen LogP contribution in [-0.4, -0.2) is 23.2 Å². The Bertz CT molecular complexity index is 624. The van der Waals surface area contributed by atoms with Crippen LogP contribution in [0.25, 0.3) is 11.5 Å². The molecule has 0 atom stereocenters. The van der Waals surface area contributed by atoms with E-state index < -0.39 is 23.4 Å². The van der Waals surface area contributed by atoms with Gasteiger partial charge in [0.1, 0.15) is 17.3 Å². The summed E-state index contributed by atoms with van der Waals surface area (Å²) in [7, 11) is 1.36. The van der Waals surface area contributed by atoms with Gasteiger partial charge in [-0.2, -0.15) is 0 Å². The highest BCUT2D eigenvalue weighted by atomic mass is 19.1. The van der Waals surface area contributed by atoms with E-state index in [1.165, 1.54) is 7.11 Å². The molecule has 1 heterocycles. The van der Waals surface area contributed by atoms with E-state index >= 15 is 0 Å². The first-order valence-corrected chi connectivity index (χ1v) is 5.20. The number of carboxylic acids is 1. The molecule has 1 aromatic carbocycles. The SMILES string of the molecule is COCc1nc(-c2ccc(F)cc2F)oc1C(=O)O. The maximum Gasteiger partial charge on any atom is 0.373 e. The van der Waals surface area contributed by atoms with Gasteiger partial charge in [0, 0.05) is 13.2 Å². The highest BCUT2D eigenvalue weighted by molar-refractivity contribution is 5.86. The summed E-state index contributed by atoms with van der Waals surface area (Å²) < 4.78 is 36.1. The fourth-order valence-electron chi connectivity index (χ4n) is 1.53. The van der Waals surface area contributed by atoms with Crippen molar-refractivity contribution in [3.63, 3.8) is 0 Å². The third kappa shape index (κ3) is 2.60. The summed E-state index contributed by atoms with van der Waals surface area (Å²) in [6.45, 7) is -0.0893. The van der Waals surface area contributed by atoms with Gasteiger partial charge in [-0.25, -0.2) is 18.6 Å². The number of hydrogen-bond acceptors (Lipinski definition) is 4. The van der Waals surface area contributed by atoms with Crippen LogP contribution in [0.3, 0.4) is 0 Å². The van der Waals surface area contributed by atoms with Crippen molar-refractivity contribution in [2.75, 3.05) is 7.11 Å². The molecule has 0 spiro atoms. The molecular formula is C12H9F2NO4. The molecule has 0 aliphatic carbocycles. The number of aromatic carboxylic acids is 1. The monoisotopic (exact) mass is 269 g/mol. The second kappa shape index (κ2) is 5.15. The predicted octanol–water partition coefficient (Wildman–Crippen LogP) is 2.46. The summed E-state index contributed by atoms with van der Waals surface area (Å²) >= 11 is 0. The van der Waals surface area contributed by atoms with Crippen LogP contribution in [0.15, 0.2) is 22.6 Å². The molecule has 7 heteroatoms. The summed E-state index contributed by atoms with van der Waals surface area (Å²) in [6.07, 6.45) is 0.